The maximum absolute atomic E-state index is 12.7. The number of sulfonamides is 1. The Kier molecular flexibility index (Phi) is 6.38. The van der Waals surface area contributed by atoms with Crippen LogP contribution >= 0.6 is 0 Å². The first-order valence-corrected chi connectivity index (χ1v) is 11.1. The fourth-order valence-electron chi connectivity index (χ4n) is 2.86. The summed E-state index contributed by atoms with van der Waals surface area (Å²) in [7, 11) is -3.78. The quantitative estimate of drug-likeness (QED) is 0.594. The highest BCUT2D eigenvalue weighted by Crippen LogP contribution is 2.23. The molecule has 1 heterocycles. The van der Waals surface area contributed by atoms with Crippen molar-refractivity contribution in [1.82, 2.24) is 9.71 Å². The van der Waals surface area contributed by atoms with Crippen LogP contribution < -0.4 is 10.0 Å². The molecule has 0 atom stereocenters. The number of hydrogen-bond donors (Lipinski definition) is 2. The lowest BCUT2D eigenvalue weighted by Crippen LogP contribution is -2.40. The van der Waals surface area contributed by atoms with Gasteiger partial charge in [-0.2, -0.15) is 0 Å². The number of hydrogen-bond acceptors (Lipinski definition) is 5. The summed E-state index contributed by atoms with van der Waals surface area (Å²) in [6.07, 6.45) is 2.03. The Labute approximate surface area is 176 Å². The SMILES string of the molecule is CC(C)(C)NS(=O)(=O)c1ccccc1NC(=O)CCc1ncc(-c2ccccc2)o1. The molecule has 0 bridgehead atoms. The van der Waals surface area contributed by atoms with E-state index in [-0.39, 0.29) is 22.9 Å². The lowest BCUT2D eigenvalue weighted by Gasteiger charge is -2.21. The molecule has 1 amide bonds. The Hall–Kier alpha value is -2.97. The van der Waals surface area contributed by atoms with Gasteiger partial charge in [0.25, 0.3) is 0 Å². The van der Waals surface area contributed by atoms with E-state index in [2.05, 4.69) is 15.0 Å². The van der Waals surface area contributed by atoms with Crippen molar-refractivity contribution in [2.75, 3.05) is 5.32 Å². The van der Waals surface area contributed by atoms with Gasteiger partial charge in [0.15, 0.2) is 11.7 Å². The van der Waals surface area contributed by atoms with E-state index in [0.29, 0.717) is 18.1 Å². The number of aryl methyl sites for hydroxylation is 1. The summed E-state index contributed by atoms with van der Waals surface area (Å²) in [6.45, 7) is 5.27. The molecule has 30 heavy (non-hydrogen) atoms. The molecule has 0 saturated carbocycles. The predicted octanol–water partition coefficient (Wildman–Crippen LogP) is 3.99. The summed E-state index contributed by atoms with van der Waals surface area (Å²) in [6, 6.07) is 15.9. The van der Waals surface area contributed by atoms with Crippen LogP contribution in [0.5, 0.6) is 0 Å². The first-order chi connectivity index (χ1) is 14.1. The predicted molar refractivity (Wildman–Crippen MR) is 115 cm³/mol. The van der Waals surface area contributed by atoms with Gasteiger partial charge < -0.3 is 9.73 Å². The Morgan fingerprint density at radius 3 is 2.40 bits per heavy atom. The van der Waals surface area contributed by atoms with Crippen LogP contribution in [0, 0.1) is 0 Å². The lowest BCUT2D eigenvalue weighted by molar-refractivity contribution is -0.116. The van der Waals surface area contributed by atoms with Gasteiger partial charge in [0, 0.05) is 23.9 Å². The van der Waals surface area contributed by atoms with Crippen LogP contribution in [-0.2, 0) is 21.2 Å². The van der Waals surface area contributed by atoms with E-state index < -0.39 is 15.6 Å². The molecule has 0 saturated heterocycles. The van der Waals surface area contributed by atoms with Crippen LogP contribution in [0.25, 0.3) is 11.3 Å². The van der Waals surface area contributed by atoms with Crippen molar-refractivity contribution in [1.29, 1.82) is 0 Å². The molecule has 3 rings (SSSR count). The highest BCUT2D eigenvalue weighted by molar-refractivity contribution is 7.89. The smallest absolute Gasteiger partial charge is 0.243 e. The summed E-state index contributed by atoms with van der Waals surface area (Å²) in [5.41, 5.74) is 0.500. The van der Waals surface area contributed by atoms with E-state index in [1.165, 1.54) is 6.07 Å². The number of carbonyl (C=O) groups is 1. The molecule has 3 aromatic rings. The molecule has 0 unspecified atom stereocenters. The number of carbonyl (C=O) groups excluding carboxylic acids is 1. The standard InChI is InChI=1S/C22H25N3O4S/c1-22(2,3)25-30(27,28)19-12-8-7-11-17(19)24-20(26)13-14-21-23-15-18(29-21)16-9-5-4-6-10-16/h4-12,15,25H,13-14H2,1-3H3,(H,24,26). The Balaban J connectivity index is 1.66. The minimum atomic E-state index is -3.78. The van der Waals surface area contributed by atoms with E-state index in [1.807, 2.05) is 30.3 Å². The third kappa shape index (κ3) is 5.77. The zero-order valence-electron chi connectivity index (χ0n) is 17.2. The van der Waals surface area contributed by atoms with Gasteiger partial charge in [-0.25, -0.2) is 18.1 Å². The van der Waals surface area contributed by atoms with E-state index in [0.717, 1.165) is 5.56 Å². The fourth-order valence-corrected chi connectivity index (χ4v) is 4.44. The van der Waals surface area contributed by atoms with Crippen LogP contribution in [0.15, 0.2) is 70.1 Å². The first-order valence-electron chi connectivity index (χ1n) is 9.57. The molecule has 0 spiro atoms. The molecule has 8 heteroatoms. The first kappa shape index (κ1) is 21.7. The molecule has 0 fully saturated rings. The monoisotopic (exact) mass is 427 g/mol. The molecule has 7 nitrogen and oxygen atoms in total. The summed E-state index contributed by atoms with van der Waals surface area (Å²) < 4.78 is 33.7. The van der Waals surface area contributed by atoms with Gasteiger partial charge in [-0.3, -0.25) is 4.79 Å². The van der Waals surface area contributed by atoms with Crippen LogP contribution in [0.3, 0.4) is 0 Å². The normalized spacial score (nSPS) is 12.0. The number of anilines is 1. The Morgan fingerprint density at radius 2 is 1.70 bits per heavy atom. The maximum Gasteiger partial charge on any atom is 0.243 e. The average Bonchev–Trinajstić information content (AvgIpc) is 3.15. The summed E-state index contributed by atoms with van der Waals surface area (Å²) >= 11 is 0. The van der Waals surface area contributed by atoms with Crippen molar-refractivity contribution in [3.05, 3.63) is 66.7 Å². The van der Waals surface area contributed by atoms with Gasteiger partial charge in [-0.05, 0) is 32.9 Å². The highest BCUT2D eigenvalue weighted by atomic mass is 32.2. The van der Waals surface area contributed by atoms with Crippen molar-refractivity contribution in [2.45, 2.75) is 44.0 Å². The van der Waals surface area contributed by atoms with E-state index in [9.17, 15) is 13.2 Å². The molecule has 1 aromatic heterocycles. The summed E-state index contributed by atoms with van der Waals surface area (Å²) in [4.78, 5) is 16.7. The van der Waals surface area contributed by atoms with E-state index >= 15 is 0 Å². The van der Waals surface area contributed by atoms with Crippen LogP contribution in [0.1, 0.15) is 33.1 Å². The number of rotatable bonds is 7. The molecule has 158 valence electrons. The number of oxazole rings is 1. The second kappa shape index (κ2) is 8.81. The van der Waals surface area contributed by atoms with Crippen LogP contribution in [0.4, 0.5) is 5.69 Å². The molecule has 0 aliphatic carbocycles. The van der Waals surface area contributed by atoms with Crippen molar-refractivity contribution in [2.24, 2.45) is 0 Å². The van der Waals surface area contributed by atoms with Gasteiger partial charge in [0.1, 0.15) is 4.90 Å². The largest absolute Gasteiger partial charge is 0.441 e. The number of aromatic nitrogens is 1. The Bertz CT molecular complexity index is 1120. The van der Waals surface area contributed by atoms with Crippen molar-refractivity contribution < 1.29 is 17.6 Å². The van der Waals surface area contributed by atoms with Gasteiger partial charge in [0.2, 0.25) is 15.9 Å². The van der Waals surface area contributed by atoms with Crippen molar-refractivity contribution in [3.8, 4) is 11.3 Å². The summed E-state index contributed by atoms with van der Waals surface area (Å²) in [5.74, 6) is 0.753. The van der Waals surface area contributed by atoms with E-state index in [4.69, 9.17) is 4.42 Å². The molecule has 2 N–H and O–H groups in total. The highest BCUT2D eigenvalue weighted by Gasteiger charge is 2.25. The molecular formula is C22H25N3O4S. The number of benzene rings is 2. The zero-order chi connectivity index (χ0) is 21.8. The number of nitrogens with zero attached hydrogens (tertiary/aromatic N) is 1. The number of para-hydroxylation sites is 1. The van der Waals surface area contributed by atoms with E-state index in [1.54, 1.807) is 45.2 Å². The molecular weight excluding hydrogens is 402 g/mol. The van der Waals surface area contributed by atoms with Gasteiger partial charge >= 0.3 is 0 Å². The van der Waals surface area contributed by atoms with Crippen LogP contribution in [-0.4, -0.2) is 24.8 Å². The van der Waals surface area contributed by atoms with Gasteiger partial charge in [-0.1, -0.05) is 42.5 Å². The third-order valence-electron chi connectivity index (χ3n) is 4.07. The number of nitrogens with one attached hydrogen (secondary N) is 2. The van der Waals surface area contributed by atoms with Crippen molar-refractivity contribution >= 4 is 21.6 Å². The average molecular weight is 428 g/mol. The molecule has 2 aromatic carbocycles. The number of amides is 1. The van der Waals surface area contributed by atoms with Gasteiger partial charge in [0.05, 0.1) is 11.9 Å². The fraction of sp³-hybridized carbons (Fsp3) is 0.273. The van der Waals surface area contributed by atoms with Crippen LogP contribution in [0.2, 0.25) is 0 Å². The molecule has 0 aliphatic heterocycles. The Morgan fingerprint density at radius 1 is 1.03 bits per heavy atom. The third-order valence-corrected chi connectivity index (χ3v) is 5.89. The lowest BCUT2D eigenvalue weighted by atomic mass is 10.1. The zero-order valence-corrected chi connectivity index (χ0v) is 18.0. The van der Waals surface area contributed by atoms with Gasteiger partial charge in [-0.15, -0.1) is 0 Å². The summed E-state index contributed by atoms with van der Waals surface area (Å²) in [5, 5.41) is 2.68. The minimum absolute atomic E-state index is 0.0239. The maximum atomic E-state index is 12.7. The second-order valence-electron chi connectivity index (χ2n) is 7.88. The minimum Gasteiger partial charge on any atom is -0.441 e. The topological polar surface area (TPSA) is 101 Å². The second-order valence-corrected chi connectivity index (χ2v) is 9.53. The van der Waals surface area contributed by atoms with Crippen molar-refractivity contribution in [3.63, 3.8) is 0 Å². The molecule has 0 aliphatic rings. The molecule has 0 radical (unpaired) electrons.